The van der Waals surface area contributed by atoms with Crippen molar-refractivity contribution in [1.29, 1.82) is 0 Å². The molecule has 1 atom stereocenters. The van der Waals surface area contributed by atoms with Crippen LogP contribution < -0.4 is 24.4 Å². The number of allylic oxidation sites excluding steroid dienone is 1. The van der Waals surface area contributed by atoms with E-state index in [2.05, 4.69) is 42.7 Å². The summed E-state index contributed by atoms with van der Waals surface area (Å²) in [5, 5.41) is 0. The van der Waals surface area contributed by atoms with E-state index >= 15 is 0 Å². The molecule has 0 unspecified atom stereocenters. The van der Waals surface area contributed by atoms with Crippen LogP contribution in [0.5, 0.6) is 11.5 Å². The van der Waals surface area contributed by atoms with Crippen molar-refractivity contribution in [3.8, 4) is 17.2 Å². The molecule has 2 aromatic heterocycles. The van der Waals surface area contributed by atoms with Crippen molar-refractivity contribution in [1.82, 2.24) is 9.13 Å². The number of carbonyl (C=O) groups excluding carboxylic acids is 1. The number of nitrogens with zero attached hydrogens (tertiary/aromatic N) is 3. The Kier molecular flexibility index (Phi) is 7.97. The lowest BCUT2D eigenvalue weighted by atomic mass is 9.94. The van der Waals surface area contributed by atoms with Crippen LogP contribution >= 0.6 is 11.3 Å². The minimum atomic E-state index is -0.820. The van der Waals surface area contributed by atoms with E-state index in [1.807, 2.05) is 19.1 Å². The van der Waals surface area contributed by atoms with Crippen molar-refractivity contribution in [3.63, 3.8) is 0 Å². The van der Waals surface area contributed by atoms with Gasteiger partial charge in [-0.05, 0) is 95.1 Å². The number of methoxy groups -OCH3 is 2. The molecule has 42 heavy (non-hydrogen) atoms. The average Bonchev–Trinajstić information content (AvgIpc) is 3.40. The number of aromatic nitrogens is 2. The summed E-state index contributed by atoms with van der Waals surface area (Å²) >= 11 is 1.29. The quantitative estimate of drug-likeness (QED) is 0.288. The van der Waals surface area contributed by atoms with Gasteiger partial charge in [-0.1, -0.05) is 23.5 Å². The number of hydrogen-bond donors (Lipinski definition) is 0. The van der Waals surface area contributed by atoms with Gasteiger partial charge in [0, 0.05) is 22.6 Å². The van der Waals surface area contributed by atoms with Crippen LogP contribution in [0.25, 0.3) is 11.8 Å². The van der Waals surface area contributed by atoms with Gasteiger partial charge in [-0.3, -0.25) is 9.36 Å². The van der Waals surface area contributed by atoms with Gasteiger partial charge in [-0.15, -0.1) is 0 Å². The Labute approximate surface area is 248 Å². The fourth-order valence-electron chi connectivity index (χ4n) is 5.45. The predicted molar refractivity (Wildman–Crippen MR) is 165 cm³/mol. The third-order valence-corrected chi connectivity index (χ3v) is 8.32. The summed E-state index contributed by atoms with van der Waals surface area (Å²) in [4.78, 5) is 32.9. The summed E-state index contributed by atoms with van der Waals surface area (Å²) in [5.41, 5.74) is 6.38. The van der Waals surface area contributed by atoms with Crippen molar-refractivity contribution in [2.45, 2.75) is 53.7 Å². The summed E-state index contributed by atoms with van der Waals surface area (Å²) in [5.74, 6) is 0.557. The molecule has 2 aromatic carbocycles. The van der Waals surface area contributed by atoms with Crippen molar-refractivity contribution < 1.29 is 19.0 Å². The molecule has 0 radical (unpaired) electrons. The van der Waals surface area contributed by atoms with Crippen LogP contribution in [-0.4, -0.2) is 35.4 Å². The lowest BCUT2D eigenvalue weighted by molar-refractivity contribution is -0.143. The number of aryl methyl sites for hydroxylation is 2. The number of esters is 1. The van der Waals surface area contributed by atoms with Crippen molar-refractivity contribution >= 4 is 23.4 Å². The van der Waals surface area contributed by atoms with E-state index in [0.29, 0.717) is 32.1 Å². The van der Waals surface area contributed by atoms with Gasteiger partial charge < -0.3 is 18.8 Å². The molecule has 0 aliphatic carbocycles. The summed E-state index contributed by atoms with van der Waals surface area (Å²) in [7, 11) is 3.13. The van der Waals surface area contributed by atoms with Crippen LogP contribution in [0.4, 0.5) is 0 Å². The molecule has 218 valence electrons. The minimum Gasteiger partial charge on any atom is -0.497 e. The van der Waals surface area contributed by atoms with Gasteiger partial charge >= 0.3 is 5.97 Å². The second-order valence-electron chi connectivity index (χ2n) is 10.6. The average molecular weight is 586 g/mol. The monoisotopic (exact) mass is 585 g/mol. The zero-order valence-corrected chi connectivity index (χ0v) is 26.0. The number of ether oxygens (including phenoxy) is 3. The molecule has 1 aliphatic rings. The summed E-state index contributed by atoms with van der Waals surface area (Å²) in [6.45, 7) is 11.5. The Balaban J connectivity index is 1.74. The maximum Gasteiger partial charge on any atom is 0.338 e. The van der Waals surface area contributed by atoms with E-state index in [1.165, 1.54) is 16.9 Å². The maximum absolute atomic E-state index is 14.2. The first kappa shape index (κ1) is 29.1. The zero-order valence-electron chi connectivity index (χ0n) is 25.1. The van der Waals surface area contributed by atoms with Gasteiger partial charge in [0.2, 0.25) is 0 Å². The van der Waals surface area contributed by atoms with Gasteiger partial charge in [0.25, 0.3) is 5.56 Å². The molecule has 3 heterocycles. The van der Waals surface area contributed by atoms with Gasteiger partial charge in [-0.2, -0.15) is 0 Å². The Bertz CT molecular complexity index is 1910. The molecule has 0 saturated carbocycles. The fraction of sp³-hybridized carbons (Fsp3) is 0.303. The summed E-state index contributed by atoms with van der Waals surface area (Å²) < 4.78 is 21.1. The minimum absolute atomic E-state index is 0.253. The molecular formula is C33H35N3O5S. The molecule has 0 amide bonds. The molecule has 0 spiro atoms. The molecule has 1 aliphatic heterocycles. The third-order valence-electron chi connectivity index (χ3n) is 7.33. The molecule has 9 heteroatoms. The Morgan fingerprint density at radius 1 is 1.02 bits per heavy atom. The topological polar surface area (TPSA) is 84.1 Å². The van der Waals surface area contributed by atoms with Crippen LogP contribution in [0.15, 0.2) is 69.6 Å². The molecular weight excluding hydrogens is 550 g/mol. The second kappa shape index (κ2) is 11.5. The third kappa shape index (κ3) is 5.20. The Morgan fingerprint density at radius 2 is 1.79 bits per heavy atom. The highest BCUT2D eigenvalue weighted by Crippen LogP contribution is 2.38. The number of rotatable bonds is 7. The fourth-order valence-corrected chi connectivity index (χ4v) is 6.48. The molecule has 8 nitrogen and oxygen atoms in total. The number of fused-ring (bicyclic) bond motifs is 1. The number of carbonyl (C=O) groups is 1. The highest BCUT2D eigenvalue weighted by atomic mass is 32.1. The normalized spacial score (nSPS) is 15.1. The van der Waals surface area contributed by atoms with E-state index in [0.717, 1.165) is 22.6 Å². The first-order valence-electron chi connectivity index (χ1n) is 13.8. The standard InChI is InChI=1S/C33H35N3O5S/c1-18(2)41-32(38)29-21(5)34-33-36(30(29)26-17-25(39-7)12-13-27(26)40-8)31(37)28(42-33)16-23-15-20(4)35(22(23)6)24-11-9-10-19(3)14-24/h9-18,30H,1-8H3/b28-16-/t30-/m0/s1. The van der Waals surface area contributed by atoms with Gasteiger partial charge in [-0.25, -0.2) is 9.79 Å². The summed E-state index contributed by atoms with van der Waals surface area (Å²) in [6.07, 6.45) is 1.56. The molecule has 0 fully saturated rings. The number of hydrogen-bond acceptors (Lipinski definition) is 7. The van der Waals surface area contributed by atoms with Gasteiger partial charge in [0.1, 0.15) is 17.5 Å². The van der Waals surface area contributed by atoms with Crippen LogP contribution in [0.1, 0.15) is 54.9 Å². The maximum atomic E-state index is 14.2. The summed E-state index contributed by atoms with van der Waals surface area (Å²) in [6, 6.07) is 14.9. The predicted octanol–water partition coefficient (Wildman–Crippen LogP) is 4.92. The SMILES string of the molecule is COc1ccc(OC)c([C@H]2C(C(=O)OC(C)C)=C(C)N=c3s/c(=C\c4cc(C)n(-c5cccc(C)c5)c4C)c(=O)n32)c1. The molecule has 0 bridgehead atoms. The lowest BCUT2D eigenvalue weighted by Gasteiger charge is -2.26. The van der Waals surface area contributed by atoms with Crippen LogP contribution in [-0.2, 0) is 9.53 Å². The molecule has 4 aromatic rings. The molecule has 0 saturated heterocycles. The lowest BCUT2D eigenvalue weighted by Crippen LogP contribution is -2.40. The van der Waals surface area contributed by atoms with E-state index in [9.17, 15) is 9.59 Å². The molecule has 0 N–H and O–H groups in total. The van der Waals surface area contributed by atoms with Crippen LogP contribution in [0.3, 0.4) is 0 Å². The van der Waals surface area contributed by atoms with Crippen molar-refractivity contribution in [2.24, 2.45) is 4.99 Å². The van der Waals surface area contributed by atoms with E-state index in [-0.39, 0.29) is 17.2 Å². The highest BCUT2D eigenvalue weighted by Gasteiger charge is 2.36. The Morgan fingerprint density at radius 3 is 2.45 bits per heavy atom. The second-order valence-corrected chi connectivity index (χ2v) is 11.7. The smallest absolute Gasteiger partial charge is 0.338 e. The van der Waals surface area contributed by atoms with Crippen molar-refractivity contribution in [3.05, 3.63) is 108 Å². The molecule has 5 rings (SSSR count). The number of benzene rings is 2. The van der Waals surface area contributed by atoms with E-state index in [1.54, 1.807) is 57.8 Å². The van der Waals surface area contributed by atoms with Crippen LogP contribution in [0.2, 0.25) is 0 Å². The highest BCUT2D eigenvalue weighted by molar-refractivity contribution is 7.07. The first-order valence-corrected chi connectivity index (χ1v) is 14.6. The van der Waals surface area contributed by atoms with Gasteiger partial charge in [0.15, 0.2) is 4.80 Å². The Hall–Kier alpha value is -4.37. The first-order chi connectivity index (χ1) is 20.0. The number of thiazole rings is 1. The zero-order chi connectivity index (χ0) is 30.3. The van der Waals surface area contributed by atoms with Crippen LogP contribution in [0, 0.1) is 20.8 Å². The van der Waals surface area contributed by atoms with E-state index < -0.39 is 12.0 Å². The largest absolute Gasteiger partial charge is 0.497 e. The van der Waals surface area contributed by atoms with Crippen molar-refractivity contribution in [2.75, 3.05) is 14.2 Å². The van der Waals surface area contributed by atoms with E-state index in [4.69, 9.17) is 19.2 Å². The van der Waals surface area contributed by atoms with Gasteiger partial charge in [0.05, 0.1) is 36.1 Å².